The summed E-state index contributed by atoms with van der Waals surface area (Å²) in [5.74, 6) is 0.962. The summed E-state index contributed by atoms with van der Waals surface area (Å²) in [6, 6.07) is 8.24. The van der Waals surface area contributed by atoms with E-state index in [0.717, 1.165) is 22.2 Å². The third-order valence-corrected chi connectivity index (χ3v) is 3.08. The molecule has 0 amide bonds. The lowest BCUT2D eigenvalue weighted by Crippen LogP contribution is -2.09. The van der Waals surface area contributed by atoms with E-state index in [1.54, 1.807) is 0 Å². The van der Waals surface area contributed by atoms with Gasteiger partial charge in [0.25, 0.3) is 0 Å². The zero-order chi connectivity index (χ0) is 14.4. The summed E-state index contributed by atoms with van der Waals surface area (Å²) in [7, 11) is 1.54. The number of hydrogen-bond acceptors (Lipinski definition) is 6. The van der Waals surface area contributed by atoms with Gasteiger partial charge in [-0.15, -0.1) is 0 Å². The second-order valence-corrected chi connectivity index (χ2v) is 5.28. The van der Waals surface area contributed by atoms with E-state index in [4.69, 9.17) is 4.74 Å². The maximum Gasteiger partial charge on any atom is 0.322 e. The number of benzene rings is 1. The van der Waals surface area contributed by atoms with Crippen LogP contribution in [0.3, 0.4) is 0 Å². The van der Waals surface area contributed by atoms with Crippen molar-refractivity contribution >= 4 is 40.2 Å². The third kappa shape index (κ3) is 4.19. The molecule has 0 saturated carbocycles. The van der Waals surface area contributed by atoms with Gasteiger partial charge in [0.2, 0.25) is 11.9 Å². The summed E-state index contributed by atoms with van der Waals surface area (Å²) in [6.45, 7) is 2.88. The predicted octanol–water partition coefficient (Wildman–Crippen LogP) is 3.05. The highest BCUT2D eigenvalue weighted by Crippen LogP contribution is 2.18. The summed E-state index contributed by atoms with van der Waals surface area (Å²) < 4.78 is 6.23. The van der Waals surface area contributed by atoms with Crippen molar-refractivity contribution < 1.29 is 4.74 Å². The van der Waals surface area contributed by atoms with Gasteiger partial charge in [-0.25, -0.2) is 0 Å². The first kappa shape index (κ1) is 14.8. The highest BCUT2D eigenvalue weighted by molar-refractivity contribution is 14.1. The number of aromatic nitrogens is 3. The number of nitrogens with zero attached hydrogens (tertiary/aromatic N) is 3. The van der Waals surface area contributed by atoms with Crippen molar-refractivity contribution in [3.05, 3.63) is 27.8 Å². The number of rotatable bonds is 6. The van der Waals surface area contributed by atoms with Gasteiger partial charge in [0, 0.05) is 15.8 Å². The molecule has 0 bridgehead atoms. The van der Waals surface area contributed by atoms with E-state index in [1.807, 2.05) is 24.3 Å². The molecule has 1 aromatic heterocycles. The Morgan fingerprint density at radius 3 is 2.70 bits per heavy atom. The molecule has 1 aromatic carbocycles. The molecule has 2 rings (SSSR count). The van der Waals surface area contributed by atoms with Gasteiger partial charge in [-0.3, -0.25) is 0 Å². The fraction of sp³-hybridized carbons (Fsp3) is 0.308. The van der Waals surface area contributed by atoms with Crippen LogP contribution in [0.4, 0.5) is 17.6 Å². The molecule has 0 aliphatic heterocycles. The van der Waals surface area contributed by atoms with E-state index < -0.39 is 0 Å². The van der Waals surface area contributed by atoms with Gasteiger partial charge >= 0.3 is 6.01 Å². The molecule has 20 heavy (non-hydrogen) atoms. The Balaban J connectivity index is 2.21. The van der Waals surface area contributed by atoms with Gasteiger partial charge in [0.05, 0.1) is 7.11 Å². The van der Waals surface area contributed by atoms with Crippen molar-refractivity contribution in [3.63, 3.8) is 0 Å². The molecule has 0 fully saturated rings. The second-order valence-electron chi connectivity index (χ2n) is 4.03. The van der Waals surface area contributed by atoms with E-state index in [1.165, 1.54) is 7.11 Å². The average molecular weight is 385 g/mol. The number of methoxy groups -OCH3 is 1. The Bertz CT molecular complexity index is 578. The van der Waals surface area contributed by atoms with E-state index in [-0.39, 0.29) is 6.01 Å². The summed E-state index contributed by atoms with van der Waals surface area (Å²) >= 11 is 2.26. The molecule has 0 atom stereocenters. The van der Waals surface area contributed by atoms with Gasteiger partial charge in [-0.1, -0.05) is 13.0 Å². The van der Waals surface area contributed by atoms with Crippen LogP contribution in [0.25, 0.3) is 0 Å². The highest BCUT2D eigenvalue weighted by atomic mass is 127. The van der Waals surface area contributed by atoms with Crippen molar-refractivity contribution in [1.29, 1.82) is 0 Å². The molecule has 0 radical (unpaired) electrons. The first-order valence-electron chi connectivity index (χ1n) is 6.28. The maximum atomic E-state index is 5.09. The van der Waals surface area contributed by atoms with Crippen LogP contribution in [0, 0.1) is 3.57 Å². The normalized spacial score (nSPS) is 10.2. The van der Waals surface area contributed by atoms with Gasteiger partial charge in [-0.2, -0.15) is 15.0 Å². The lowest BCUT2D eigenvalue weighted by Gasteiger charge is -2.09. The summed E-state index contributed by atoms with van der Waals surface area (Å²) in [5.41, 5.74) is 0.923. The van der Waals surface area contributed by atoms with Crippen molar-refractivity contribution in [2.75, 3.05) is 24.3 Å². The van der Waals surface area contributed by atoms with Crippen molar-refractivity contribution in [2.24, 2.45) is 0 Å². The molecule has 0 aliphatic carbocycles. The van der Waals surface area contributed by atoms with Crippen LogP contribution in [0.1, 0.15) is 13.3 Å². The van der Waals surface area contributed by atoms with Crippen molar-refractivity contribution in [2.45, 2.75) is 13.3 Å². The highest BCUT2D eigenvalue weighted by Gasteiger charge is 2.06. The quantitative estimate of drug-likeness (QED) is 0.745. The van der Waals surface area contributed by atoms with E-state index in [9.17, 15) is 0 Å². The molecule has 0 unspecified atom stereocenters. The Morgan fingerprint density at radius 1 is 1.20 bits per heavy atom. The minimum atomic E-state index is 0.284. The van der Waals surface area contributed by atoms with Gasteiger partial charge in [0.1, 0.15) is 0 Å². The molecule has 1 heterocycles. The largest absolute Gasteiger partial charge is 0.467 e. The maximum absolute atomic E-state index is 5.09. The number of hydrogen-bond donors (Lipinski definition) is 2. The summed E-state index contributed by atoms with van der Waals surface area (Å²) in [5, 5.41) is 6.27. The molecule has 2 aromatic rings. The van der Waals surface area contributed by atoms with Gasteiger partial charge in [-0.05, 0) is 47.2 Å². The average Bonchev–Trinajstić information content (AvgIpc) is 2.45. The van der Waals surface area contributed by atoms with Crippen LogP contribution in [-0.4, -0.2) is 28.6 Å². The lowest BCUT2D eigenvalue weighted by atomic mass is 10.3. The van der Waals surface area contributed by atoms with Crippen LogP contribution < -0.4 is 15.4 Å². The van der Waals surface area contributed by atoms with Crippen molar-refractivity contribution in [1.82, 2.24) is 15.0 Å². The van der Waals surface area contributed by atoms with Gasteiger partial charge in [0.15, 0.2) is 0 Å². The van der Waals surface area contributed by atoms with E-state index >= 15 is 0 Å². The minimum Gasteiger partial charge on any atom is -0.467 e. The van der Waals surface area contributed by atoms with E-state index in [2.05, 4.69) is 55.1 Å². The number of ether oxygens (including phenoxy) is 1. The molecular weight excluding hydrogens is 369 g/mol. The standard InChI is InChI=1S/C13H16IN5O/c1-3-7-15-11-17-12(19-13(18-11)20-2)16-10-6-4-5-9(14)8-10/h4-6,8H,3,7H2,1-2H3,(H2,15,16,17,18,19). The van der Waals surface area contributed by atoms with Crippen LogP contribution in [0.2, 0.25) is 0 Å². The Labute approximate surface area is 131 Å². The number of nitrogens with one attached hydrogen (secondary N) is 2. The fourth-order valence-electron chi connectivity index (χ4n) is 1.51. The molecule has 2 N–H and O–H groups in total. The molecule has 7 heteroatoms. The molecule has 0 spiro atoms. The number of anilines is 3. The molecule has 0 saturated heterocycles. The Kier molecular flexibility index (Phi) is 5.33. The third-order valence-electron chi connectivity index (χ3n) is 2.41. The fourth-order valence-corrected chi connectivity index (χ4v) is 2.06. The lowest BCUT2D eigenvalue weighted by molar-refractivity contribution is 0.379. The predicted molar refractivity (Wildman–Crippen MR) is 87.6 cm³/mol. The van der Waals surface area contributed by atoms with Crippen molar-refractivity contribution in [3.8, 4) is 6.01 Å². The molecule has 6 nitrogen and oxygen atoms in total. The summed E-state index contributed by atoms with van der Waals surface area (Å²) in [4.78, 5) is 12.7. The van der Waals surface area contributed by atoms with Crippen LogP contribution in [-0.2, 0) is 0 Å². The zero-order valence-electron chi connectivity index (χ0n) is 11.4. The molecular formula is C13H16IN5O. The van der Waals surface area contributed by atoms with E-state index in [0.29, 0.717) is 11.9 Å². The van der Waals surface area contributed by atoms with Crippen LogP contribution in [0.15, 0.2) is 24.3 Å². The minimum absolute atomic E-state index is 0.284. The van der Waals surface area contributed by atoms with Gasteiger partial charge < -0.3 is 15.4 Å². The topological polar surface area (TPSA) is 72.0 Å². The Morgan fingerprint density at radius 2 is 2.00 bits per heavy atom. The SMILES string of the molecule is CCCNc1nc(Nc2cccc(I)c2)nc(OC)n1. The smallest absolute Gasteiger partial charge is 0.322 e. The first-order chi connectivity index (χ1) is 9.71. The number of halogens is 1. The molecule has 0 aliphatic rings. The first-order valence-corrected chi connectivity index (χ1v) is 7.35. The summed E-state index contributed by atoms with van der Waals surface area (Å²) in [6.07, 6.45) is 0.994. The van der Waals surface area contributed by atoms with Crippen LogP contribution in [0.5, 0.6) is 6.01 Å². The monoisotopic (exact) mass is 385 g/mol. The van der Waals surface area contributed by atoms with Crippen LogP contribution >= 0.6 is 22.6 Å². The second kappa shape index (κ2) is 7.22. The Hall–Kier alpha value is -1.64. The zero-order valence-corrected chi connectivity index (χ0v) is 13.5. The molecule has 106 valence electrons.